The monoisotopic (exact) mass is 552 g/mol. The number of hydrogen-bond donors (Lipinski definition) is 0. The fourth-order valence-corrected chi connectivity index (χ4v) is 6.37. The molecule has 0 bridgehead atoms. The van der Waals surface area contributed by atoms with Gasteiger partial charge in [-0.15, -0.1) is 0 Å². The summed E-state index contributed by atoms with van der Waals surface area (Å²) in [5.41, 5.74) is 10.3. The van der Waals surface area contributed by atoms with E-state index in [9.17, 15) is 0 Å². The summed E-state index contributed by atoms with van der Waals surface area (Å²) < 4.78 is 0. The van der Waals surface area contributed by atoms with E-state index >= 15 is 0 Å². The lowest BCUT2D eigenvalue weighted by molar-refractivity contribution is 0.661. The summed E-state index contributed by atoms with van der Waals surface area (Å²) in [7, 11) is 0. The van der Waals surface area contributed by atoms with Crippen LogP contribution >= 0.6 is 0 Å². The van der Waals surface area contributed by atoms with Crippen molar-refractivity contribution >= 4 is 10.8 Å². The lowest BCUT2D eigenvalue weighted by atomic mass is 9.82. The third-order valence-corrected chi connectivity index (χ3v) is 8.65. The smallest absolute Gasteiger partial charge is 0.164 e. The van der Waals surface area contributed by atoms with Crippen molar-refractivity contribution in [2.75, 3.05) is 0 Å². The molecule has 0 saturated heterocycles. The number of nitrogens with zero attached hydrogens (tertiary/aromatic N) is 4. The van der Waals surface area contributed by atoms with E-state index in [2.05, 4.69) is 97.7 Å². The summed E-state index contributed by atoms with van der Waals surface area (Å²) in [6.07, 6.45) is 3.62. The van der Waals surface area contributed by atoms with Crippen molar-refractivity contribution in [1.29, 1.82) is 0 Å². The molecule has 8 rings (SSSR count). The zero-order chi connectivity index (χ0) is 29.0. The van der Waals surface area contributed by atoms with Gasteiger partial charge in [-0.1, -0.05) is 117 Å². The molecule has 7 aromatic rings. The zero-order valence-electron chi connectivity index (χ0n) is 24.0. The van der Waals surface area contributed by atoms with Crippen LogP contribution in [0.1, 0.15) is 25.0 Å². The summed E-state index contributed by atoms with van der Waals surface area (Å²) in [4.78, 5) is 19.2. The van der Waals surface area contributed by atoms with Crippen molar-refractivity contribution in [3.05, 3.63) is 145 Å². The molecule has 204 valence electrons. The maximum atomic E-state index is 5.05. The van der Waals surface area contributed by atoms with Gasteiger partial charge in [-0.3, -0.25) is 4.98 Å². The molecule has 0 spiro atoms. The molecule has 0 amide bonds. The maximum absolute atomic E-state index is 5.05. The van der Waals surface area contributed by atoms with Gasteiger partial charge in [0.1, 0.15) is 0 Å². The van der Waals surface area contributed by atoms with Gasteiger partial charge in [0.05, 0.1) is 0 Å². The Bertz CT molecular complexity index is 2130. The third-order valence-electron chi connectivity index (χ3n) is 8.65. The highest BCUT2D eigenvalue weighted by Gasteiger charge is 2.36. The second-order valence-electron chi connectivity index (χ2n) is 11.6. The number of pyridine rings is 1. The lowest BCUT2D eigenvalue weighted by Gasteiger charge is -2.21. The lowest BCUT2D eigenvalue weighted by Crippen LogP contribution is -2.14. The molecule has 0 N–H and O–H groups in total. The van der Waals surface area contributed by atoms with Crippen LogP contribution in [0, 0.1) is 0 Å². The van der Waals surface area contributed by atoms with E-state index in [0.29, 0.717) is 17.5 Å². The second-order valence-corrected chi connectivity index (χ2v) is 11.6. The molecule has 0 fully saturated rings. The quantitative estimate of drug-likeness (QED) is 0.218. The normalized spacial score (nSPS) is 13.1. The topological polar surface area (TPSA) is 51.6 Å². The van der Waals surface area contributed by atoms with Gasteiger partial charge in [-0.05, 0) is 62.4 Å². The van der Waals surface area contributed by atoms with Crippen molar-refractivity contribution in [2.24, 2.45) is 0 Å². The molecule has 0 aliphatic heterocycles. The van der Waals surface area contributed by atoms with E-state index < -0.39 is 0 Å². The maximum Gasteiger partial charge on any atom is 0.164 e. The first-order valence-electron chi connectivity index (χ1n) is 14.6. The molecule has 2 heterocycles. The molecular weight excluding hydrogens is 524 g/mol. The third kappa shape index (κ3) is 4.22. The van der Waals surface area contributed by atoms with Gasteiger partial charge in [0, 0.05) is 34.5 Å². The highest BCUT2D eigenvalue weighted by Crippen LogP contribution is 2.52. The summed E-state index contributed by atoms with van der Waals surface area (Å²) in [5, 5.41) is 2.53. The minimum Gasteiger partial charge on any atom is -0.265 e. The molecule has 4 nitrogen and oxygen atoms in total. The van der Waals surface area contributed by atoms with Crippen LogP contribution in [0.4, 0.5) is 0 Å². The van der Waals surface area contributed by atoms with Crippen LogP contribution in [0.25, 0.3) is 67.2 Å². The summed E-state index contributed by atoms with van der Waals surface area (Å²) >= 11 is 0. The van der Waals surface area contributed by atoms with Crippen LogP contribution in [-0.4, -0.2) is 19.9 Å². The van der Waals surface area contributed by atoms with Gasteiger partial charge >= 0.3 is 0 Å². The fraction of sp³-hybridized carbons (Fsp3) is 0.0769. The number of benzene rings is 5. The van der Waals surface area contributed by atoms with Crippen molar-refractivity contribution in [1.82, 2.24) is 19.9 Å². The van der Waals surface area contributed by atoms with Crippen LogP contribution in [0.15, 0.2) is 134 Å². The van der Waals surface area contributed by atoms with Crippen molar-refractivity contribution in [2.45, 2.75) is 19.3 Å². The predicted molar refractivity (Wildman–Crippen MR) is 174 cm³/mol. The minimum atomic E-state index is -0.0940. The van der Waals surface area contributed by atoms with E-state index in [4.69, 9.17) is 15.0 Å². The van der Waals surface area contributed by atoms with Gasteiger partial charge in [-0.2, -0.15) is 0 Å². The Morgan fingerprint density at radius 2 is 1.02 bits per heavy atom. The summed E-state index contributed by atoms with van der Waals surface area (Å²) in [6, 6.07) is 42.4. The van der Waals surface area contributed by atoms with Crippen LogP contribution in [-0.2, 0) is 5.41 Å². The highest BCUT2D eigenvalue weighted by atomic mass is 15.0. The number of fused-ring (bicyclic) bond motifs is 5. The molecule has 1 aliphatic carbocycles. The Kier molecular flexibility index (Phi) is 5.76. The first-order chi connectivity index (χ1) is 21.1. The zero-order valence-corrected chi connectivity index (χ0v) is 24.0. The Morgan fingerprint density at radius 1 is 0.465 bits per heavy atom. The molecule has 4 heteroatoms. The average molecular weight is 553 g/mol. The minimum absolute atomic E-state index is 0.0940. The molecule has 43 heavy (non-hydrogen) atoms. The van der Waals surface area contributed by atoms with Crippen LogP contribution in [0.2, 0.25) is 0 Å². The first kappa shape index (κ1) is 25.2. The van der Waals surface area contributed by atoms with E-state index in [-0.39, 0.29) is 5.41 Å². The Hall–Kier alpha value is -5.48. The SMILES string of the molecule is CC1(C)c2ccc(-c3nc(-c4ccccc4)nc(-c4ccc(-c5ccncc5)cc4)n3)cc2-c2c1ccc1ccccc21. The number of aromatic nitrogens is 4. The molecule has 0 unspecified atom stereocenters. The summed E-state index contributed by atoms with van der Waals surface area (Å²) in [6.45, 7) is 4.63. The second kappa shape index (κ2) is 9.81. The van der Waals surface area contributed by atoms with Crippen molar-refractivity contribution < 1.29 is 0 Å². The first-order valence-corrected chi connectivity index (χ1v) is 14.6. The molecule has 0 atom stereocenters. The Labute approximate surface area is 250 Å². The predicted octanol–water partition coefficient (Wildman–Crippen LogP) is 9.39. The molecule has 0 radical (unpaired) electrons. The highest BCUT2D eigenvalue weighted by molar-refractivity contribution is 6.03. The van der Waals surface area contributed by atoms with E-state index in [1.54, 1.807) is 0 Å². The molecular formula is C39H28N4. The number of hydrogen-bond acceptors (Lipinski definition) is 4. The van der Waals surface area contributed by atoms with Crippen LogP contribution in [0.5, 0.6) is 0 Å². The molecule has 5 aromatic carbocycles. The fourth-order valence-electron chi connectivity index (χ4n) is 6.37. The van der Waals surface area contributed by atoms with Crippen LogP contribution in [0.3, 0.4) is 0 Å². The average Bonchev–Trinajstić information content (AvgIpc) is 3.31. The van der Waals surface area contributed by atoms with Gasteiger partial charge in [0.2, 0.25) is 0 Å². The van der Waals surface area contributed by atoms with Gasteiger partial charge in [0.15, 0.2) is 17.5 Å². The van der Waals surface area contributed by atoms with Crippen molar-refractivity contribution in [3.8, 4) is 56.4 Å². The van der Waals surface area contributed by atoms with Gasteiger partial charge < -0.3 is 0 Å². The summed E-state index contributed by atoms with van der Waals surface area (Å²) in [5.74, 6) is 1.97. The Morgan fingerprint density at radius 3 is 1.77 bits per heavy atom. The van der Waals surface area contributed by atoms with Gasteiger partial charge in [-0.25, -0.2) is 15.0 Å². The number of rotatable bonds is 4. The molecule has 0 saturated carbocycles. The van der Waals surface area contributed by atoms with Crippen molar-refractivity contribution in [3.63, 3.8) is 0 Å². The van der Waals surface area contributed by atoms with E-state index in [1.807, 2.05) is 54.9 Å². The van der Waals surface area contributed by atoms with Gasteiger partial charge in [0.25, 0.3) is 0 Å². The van der Waals surface area contributed by atoms with E-state index in [0.717, 1.165) is 27.8 Å². The van der Waals surface area contributed by atoms with E-state index in [1.165, 1.54) is 33.0 Å². The Balaban J connectivity index is 1.29. The van der Waals surface area contributed by atoms with Crippen LogP contribution < -0.4 is 0 Å². The molecule has 1 aliphatic rings. The largest absolute Gasteiger partial charge is 0.265 e. The molecule has 2 aromatic heterocycles. The standard InChI is InChI=1S/C39H28N4/c1-39(2)33-18-17-30(24-32(33)35-31-11-7-6-8-27(31)16-19-34(35)39)38-42-36(28-9-4-3-5-10-28)41-37(43-38)29-14-12-25(13-15-29)26-20-22-40-23-21-26/h3-24H,1-2H3.